The molecular formula is C23H30Cl2N6. The average molecular weight is 461 g/mol. The lowest BCUT2D eigenvalue weighted by atomic mass is 10.0. The van der Waals surface area contributed by atoms with Gasteiger partial charge >= 0.3 is 0 Å². The molecule has 0 amide bonds. The highest BCUT2D eigenvalue weighted by atomic mass is 35.5. The number of hydrogen-bond acceptors (Lipinski definition) is 6. The largest absolute Gasteiger partial charge is 0.385 e. The fourth-order valence-electron chi connectivity index (χ4n) is 2.90. The van der Waals surface area contributed by atoms with Gasteiger partial charge in [0.05, 0.1) is 5.02 Å². The van der Waals surface area contributed by atoms with Gasteiger partial charge in [0.15, 0.2) is 0 Å². The fourth-order valence-corrected chi connectivity index (χ4v) is 3.41. The third kappa shape index (κ3) is 7.14. The molecule has 0 aliphatic heterocycles. The minimum absolute atomic E-state index is 0.355. The molecule has 0 bridgehead atoms. The molecule has 0 saturated heterocycles. The summed E-state index contributed by atoms with van der Waals surface area (Å²) in [7, 11) is 0. The molecule has 0 heterocycles. The van der Waals surface area contributed by atoms with E-state index in [9.17, 15) is 0 Å². The second-order valence-electron chi connectivity index (χ2n) is 6.84. The number of halogens is 2. The van der Waals surface area contributed by atoms with Crippen LogP contribution in [0.2, 0.25) is 10.0 Å². The lowest BCUT2D eigenvalue weighted by Crippen LogP contribution is -2.28. The van der Waals surface area contributed by atoms with Crippen LogP contribution in [0.5, 0.6) is 0 Å². The van der Waals surface area contributed by atoms with Gasteiger partial charge in [-0.2, -0.15) is 0 Å². The molecule has 0 radical (unpaired) electrons. The number of nitrogens with one attached hydrogen (secondary N) is 3. The topological polar surface area (TPSA) is 114 Å². The standard InChI is InChI=1S/C23H30Cl2N6/c1-3-11-29-21-7-5-4-6-17(21)15(2)31-22(27)14-19(23(28)30-12-10-26)18-9-8-16(24)13-20(18)25/h4-9,13-14,29-31H,2-3,10-12,26-28H2,1H3/b22-14+,23-19-. The molecule has 0 atom stereocenters. The van der Waals surface area contributed by atoms with Crippen molar-refractivity contribution < 1.29 is 0 Å². The molecule has 0 aliphatic rings. The smallest absolute Gasteiger partial charge is 0.104 e. The number of allylic oxidation sites excluding steroid dienone is 2. The Balaban J connectivity index is 2.35. The van der Waals surface area contributed by atoms with Crippen LogP contribution in [0, 0.1) is 0 Å². The molecule has 9 N–H and O–H groups in total. The average Bonchev–Trinajstić information content (AvgIpc) is 2.75. The number of nitrogens with two attached hydrogens (primary N) is 3. The van der Waals surface area contributed by atoms with Crippen LogP contribution in [0.3, 0.4) is 0 Å². The van der Waals surface area contributed by atoms with Crippen LogP contribution in [0.25, 0.3) is 11.3 Å². The lowest BCUT2D eigenvalue weighted by molar-refractivity contribution is 0.790. The predicted octanol–water partition coefficient (Wildman–Crippen LogP) is 4.05. The lowest BCUT2D eigenvalue weighted by Gasteiger charge is -2.17. The van der Waals surface area contributed by atoms with Gasteiger partial charge in [-0.05, 0) is 30.7 Å². The van der Waals surface area contributed by atoms with E-state index in [0.717, 1.165) is 24.2 Å². The van der Waals surface area contributed by atoms with Crippen LogP contribution >= 0.6 is 23.2 Å². The summed E-state index contributed by atoms with van der Waals surface area (Å²) >= 11 is 12.5. The zero-order valence-electron chi connectivity index (χ0n) is 17.6. The van der Waals surface area contributed by atoms with Gasteiger partial charge < -0.3 is 33.2 Å². The number of anilines is 1. The first-order valence-corrected chi connectivity index (χ1v) is 10.8. The highest BCUT2D eigenvalue weighted by Gasteiger charge is 2.12. The summed E-state index contributed by atoms with van der Waals surface area (Å²) < 4.78 is 0. The highest BCUT2D eigenvalue weighted by molar-refractivity contribution is 6.35. The molecule has 2 aromatic rings. The number of hydrogen-bond donors (Lipinski definition) is 6. The van der Waals surface area contributed by atoms with E-state index < -0.39 is 0 Å². The van der Waals surface area contributed by atoms with Crippen molar-refractivity contribution in [2.24, 2.45) is 17.2 Å². The zero-order valence-corrected chi connectivity index (χ0v) is 19.2. The Bertz CT molecular complexity index is 968. The molecule has 0 aromatic heterocycles. The molecule has 2 aromatic carbocycles. The SMILES string of the molecule is C=C(N/C(N)=C/C(=C(\N)NCCN)c1ccc(Cl)cc1Cl)c1ccccc1NCCC. The molecule has 0 aliphatic carbocycles. The van der Waals surface area contributed by atoms with E-state index >= 15 is 0 Å². The summed E-state index contributed by atoms with van der Waals surface area (Å²) in [6.07, 6.45) is 2.72. The zero-order chi connectivity index (χ0) is 22.8. The molecule has 0 unspecified atom stereocenters. The minimum atomic E-state index is 0.355. The molecule has 6 nitrogen and oxygen atoms in total. The maximum absolute atomic E-state index is 6.41. The maximum Gasteiger partial charge on any atom is 0.104 e. The van der Waals surface area contributed by atoms with Gasteiger partial charge in [-0.25, -0.2) is 0 Å². The van der Waals surface area contributed by atoms with E-state index in [2.05, 4.69) is 29.5 Å². The van der Waals surface area contributed by atoms with E-state index in [1.807, 2.05) is 24.3 Å². The van der Waals surface area contributed by atoms with Crippen LogP contribution in [0.4, 0.5) is 5.69 Å². The summed E-state index contributed by atoms with van der Waals surface area (Å²) in [5.74, 6) is 0.754. The van der Waals surface area contributed by atoms with Crippen molar-refractivity contribution in [2.45, 2.75) is 13.3 Å². The molecule has 31 heavy (non-hydrogen) atoms. The molecule has 2 rings (SSSR count). The Hall–Kier alpha value is -2.80. The normalized spacial score (nSPS) is 12.2. The molecular weight excluding hydrogens is 431 g/mol. The third-order valence-corrected chi connectivity index (χ3v) is 4.93. The maximum atomic E-state index is 6.41. The Morgan fingerprint density at radius 1 is 1.06 bits per heavy atom. The van der Waals surface area contributed by atoms with Crippen LogP contribution in [0.1, 0.15) is 24.5 Å². The van der Waals surface area contributed by atoms with E-state index in [0.29, 0.717) is 51.6 Å². The van der Waals surface area contributed by atoms with Crippen molar-refractivity contribution >= 4 is 40.2 Å². The van der Waals surface area contributed by atoms with Crippen LogP contribution < -0.4 is 33.2 Å². The summed E-state index contributed by atoms with van der Waals surface area (Å²) in [5.41, 5.74) is 22.0. The van der Waals surface area contributed by atoms with Crippen LogP contribution in [0.15, 0.2) is 66.8 Å². The Morgan fingerprint density at radius 3 is 2.48 bits per heavy atom. The van der Waals surface area contributed by atoms with Gasteiger partial charge in [-0.3, -0.25) is 0 Å². The van der Waals surface area contributed by atoms with Gasteiger partial charge in [0, 0.05) is 52.7 Å². The van der Waals surface area contributed by atoms with Crippen molar-refractivity contribution in [3.63, 3.8) is 0 Å². The second kappa shape index (κ2) is 12.2. The van der Waals surface area contributed by atoms with E-state index in [1.165, 1.54) is 0 Å². The second-order valence-corrected chi connectivity index (χ2v) is 7.69. The number of rotatable bonds is 11. The fraction of sp³-hybridized carbons (Fsp3) is 0.217. The highest BCUT2D eigenvalue weighted by Crippen LogP contribution is 2.29. The van der Waals surface area contributed by atoms with Gasteiger partial charge in [0.25, 0.3) is 0 Å². The van der Waals surface area contributed by atoms with Crippen molar-refractivity contribution in [1.29, 1.82) is 0 Å². The van der Waals surface area contributed by atoms with Crippen molar-refractivity contribution in [2.75, 3.05) is 25.0 Å². The Morgan fingerprint density at radius 2 is 1.81 bits per heavy atom. The van der Waals surface area contributed by atoms with Crippen LogP contribution in [-0.2, 0) is 0 Å². The Labute approximate surface area is 194 Å². The molecule has 0 fully saturated rings. The molecule has 8 heteroatoms. The Kier molecular flexibility index (Phi) is 9.59. The van der Waals surface area contributed by atoms with Gasteiger partial charge in [-0.15, -0.1) is 0 Å². The summed E-state index contributed by atoms with van der Waals surface area (Å²) in [6, 6.07) is 13.1. The summed E-state index contributed by atoms with van der Waals surface area (Å²) in [4.78, 5) is 0. The van der Waals surface area contributed by atoms with E-state index in [-0.39, 0.29) is 0 Å². The van der Waals surface area contributed by atoms with Crippen molar-refractivity contribution in [1.82, 2.24) is 10.6 Å². The molecule has 0 saturated carbocycles. The monoisotopic (exact) mass is 460 g/mol. The van der Waals surface area contributed by atoms with Crippen molar-refractivity contribution in [3.8, 4) is 0 Å². The van der Waals surface area contributed by atoms with Crippen molar-refractivity contribution in [3.05, 3.63) is 87.9 Å². The quantitative estimate of drug-likeness (QED) is 0.282. The van der Waals surface area contributed by atoms with Gasteiger partial charge in [-0.1, -0.05) is 61.0 Å². The van der Waals surface area contributed by atoms with E-state index in [4.69, 9.17) is 40.4 Å². The van der Waals surface area contributed by atoms with Crippen LogP contribution in [-0.4, -0.2) is 19.6 Å². The number of para-hydroxylation sites is 1. The first-order valence-electron chi connectivity index (χ1n) is 10.0. The summed E-state index contributed by atoms with van der Waals surface area (Å²) in [5, 5.41) is 10.6. The third-order valence-electron chi connectivity index (χ3n) is 4.38. The van der Waals surface area contributed by atoms with Gasteiger partial charge in [0.1, 0.15) is 11.6 Å². The van der Waals surface area contributed by atoms with E-state index in [1.54, 1.807) is 24.3 Å². The first kappa shape index (κ1) is 24.5. The van der Waals surface area contributed by atoms with Gasteiger partial charge in [0.2, 0.25) is 0 Å². The molecule has 0 spiro atoms. The predicted molar refractivity (Wildman–Crippen MR) is 134 cm³/mol. The first-order chi connectivity index (χ1) is 14.9. The minimum Gasteiger partial charge on any atom is -0.385 e. The number of benzene rings is 2. The summed E-state index contributed by atoms with van der Waals surface area (Å²) in [6.45, 7) is 8.05. The molecule has 166 valence electrons.